The Hall–Kier alpha value is -0.650. The minimum Gasteiger partial charge on any atom is -0.393 e. The van der Waals surface area contributed by atoms with Crippen molar-refractivity contribution in [3.8, 4) is 0 Å². The Morgan fingerprint density at radius 1 is 1.47 bits per heavy atom. The first-order chi connectivity index (χ1) is 8.95. The van der Waals surface area contributed by atoms with Crippen molar-refractivity contribution in [1.82, 2.24) is 10.2 Å². The number of piperidine rings is 1. The van der Waals surface area contributed by atoms with Crippen LogP contribution in [0.25, 0.3) is 0 Å². The quantitative estimate of drug-likeness (QED) is 0.588. The number of nitrogens with two attached hydrogens (primary N) is 1. The van der Waals surface area contributed by atoms with Crippen LogP contribution in [0, 0.1) is 0 Å². The third kappa shape index (κ3) is 5.89. The molecule has 5 nitrogen and oxygen atoms in total. The number of hydrogen-bond acceptors (Lipinski definition) is 4. The van der Waals surface area contributed by atoms with Crippen LogP contribution in [0.1, 0.15) is 46.0 Å². The Morgan fingerprint density at radius 3 is 2.68 bits per heavy atom. The van der Waals surface area contributed by atoms with Gasteiger partial charge >= 0.3 is 0 Å². The summed E-state index contributed by atoms with van der Waals surface area (Å²) < 4.78 is 0. The Labute approximate surface area is 116 Å². The zero-order valence-corrected chi connectivity index (χ0v) is 12.3. The van der Waals surface area contributed by atoms with E-state index >= 15 is 0 Å². The molecule has 0 aromatic rings. The molecule has 5 heteroatoms. The molecule has 1 saturated heterocycles. The predicted octanol–water partition coefficient (Wildman–Crippen LogP) is 0.467. The number of carbonyl (C=O) groups is 1. The monoisotopic (exact) mass is 271 g/mol. The van der Waals surface area contributed by atoms with Crippen molar-refractivity contribution in [2.75, 3.05) is 26.2 Å². The van der Waals surface area contributed by atoms with Gasteiger partial charge in [0, 0.05) is 19.6 Å². The van der Waals surface area contributed by atoms with Crippen LogP contribution in [-0.4, -0.2) is 53.7 Å². The average Bonchev–Trinajstić information content (AvgIpc) is 2.36. The molecule has 1 heterocycles. The summed E-state index contributed by atoms with van der Waals surface area (Å²) in [7, 11) is 0. The molecule has 1 amide bonds. The fraction of sp³-hybridized carbons (Fsp3) is 0.929. The SMILES string of the molecule is CCCC(C)(N)C(=O)NCCCN1CCC(O)CC1. The standard InChI is InChI=1S/C14H29N3O2/c1-3-7-14(2,15)13(19)16-8-4-9-17-10-5-12(18)6-11-17/h12,18H,3-11,15H2,1-2H3,(H,16,19). The van der Waals surface area contributed by atoms with Gasteiger partial charge in [0.05, 0.1) is 11.6 Å². The summed E-state index contributed by atoms with van der Waals surface area (Å²) in [6.07, 6.45) is 4.17. The van der Waals surface area contributed by atoms with Crippen molar-refractivity contribution < 1.29 is 9.90 Å². The third-order valence-corrected chi connectivity index (χ3v) is 3.78. The predicted molar refractivity (Wildman–Crippen MR) is 76.8 cm³/mol. The Balaban J connectivity index is 2.12. The van der Waals surface area contributed by atoms with Crippen molar-refractivity contribution in [1.29, 1.82) is 0 Å². The molecule has 1 unspecified atom stereocenters. The molecule has 0 radical (unpaired) electrons. The molecule has 0 saturated carbocycles. The maximum atomic E-state index is 11.9. The second-order valence-electron chi connectivity index (χ2n) is 5.85. The molecule has 1 aliphatic rings. The first-order valence-corrected chi connectivity index (χ1v) is 7.43. The van der Waals surface area contributed by atoms with Crippen LogP contribution in [-0.2, 0) is 4.79 Å². The van der Waals surface area contributed by atoms with Gasteiger partial charge in [-0.1, -0.05) is 13.3 Å². The van der Waals surface area contributed by atoms with Crippen LogP contribution in [0.4, 0.5) is 0 Å². The third-order valence-electron chi connectivity index (χ3n) is 3.78. The molecule has 1 fully saturated rings. The van der Waals surface area contributed by atoms with Crippen LogP contribution >= 0.6 is 0 Å². The number of aliphatic hydroxyl groups excluding tert-OH is 1. The van der Waals surface area contributed by atoms with E-state index in [0.29, 0.717) is 13.0 Å². The van der Waals surface area contributed by atoms with Crippen LogP contribution in [0.15, 0.2) is 0 Å². The highest BCUT2D eigenvalue weighted by atomic mass is 16.3. The number of aliphatic hydroxyl groups is 1. The first-order valence-electron chi connectivity index (χ1n) is 7.43. The number of hydrogen-bond donors (Lipinski definition) is 3. The minimum absolute atomic E-state index is 0.0524. The molecule has 0 aromatic heterocycles. The number of rotatable bonds is 7. The number of carbonyl (C=O) groups excluding carboxylic acids is 1. The molecule has 19 heavy (non-hydrogen) atoms. The lowest BCUT2D eigenvalue weighted by atomic mass is 9.96. The van der Waals surface area contributed by atoms with Crippen molar-refractivity contribution in [2.45, 2.75) is 57.6 Å². The van der Waals surface area contributed by atoms with Crippen molar-refractivity contribution in [3.05, 3.63) is 0 Å². The normalized spacial score (nSPS) is 21.1. The molecule has 1 aliphatic heterocycles. The van der Waals surface area contributed by atoms with Gasteiger partial charge < -0.3 is 21.1 Å². The number of likely N-dealkylation sites (tertiary alicyclic amines) is 1. The molecular weight excluding hydrogens is 242 g/mol. The maximum Gasteiger partial charge on any atom is 0.239 e. The van der Waals surface area contributed by atoms with Gasteiger partial charge in [0.15, 0.2) is 0 Å². The van der Waals surface area contributed by atoms with Crippen LogP contribution in [0.3, 0.4) is 0 Å². The van der Waals surface area contributed by atoms with Crippen LogP contribution in [0.2, 0.25) is 0 Å². The van der Waals surface area contributed by atoms with E-state index in [1.165, 1.54) is 0 Å². The fourth-order valence-corrected chi connectivity index (χ4v) is 2.48. The summed E-state index contributed by atoms with van der Waals surface area (Å²) in [4.78, 5) is 14.2. The average molecular weight is 271 g/mol. The van der Waals surface area contributed by atoms with E-state index in [1.807, 2.05) is 6.92 Å². The van der Waals surface area contributed by atoms with E-state index in [9.17, 15) is 9.90 Å². The molecule has 4 N–H and O–H groups in total. The number of nitrogens with one attached hydrogen (secondary N) is 1. The maximum absolute atomic E-state index is 11.9. The van der Waals surface area contributed by atoms with Gasteiger partial charge in [-0.2, -0.15) is 0 Å². The molecule has 0 aliphatic carbocycles. The lowest BCUT2D eigenvalue weighted by molar-refractivity contribution is -0.126. The van der Waals surface area contributed by atoms with Gasteiger partial charge in [-0.05, 0) is 39.2 Å². The second-order valence-corrected chi connectivity index (χ2v) is 5.85. The Morgan fingerprint density at radius 2 is 2.11 bits per heavy atom. The van der Waals surface area contributed by atoms with E-state index in [2.05, 4.69) is 10.2 Å². The van der Waals surface area contributed by atoms with Crippen LogP contribution < -0.4 is 11.1 Å². The molecule has 0 bridgehead atoms. The highest BCUT2D eigenvalue weighted by Crippen LogP contribution is 2.10. The van der Waals surface area contributed by atoms with Gasteiger partial charge in [-0.25, -0.2) is 0 Å². The summed E-state index contributed by atoms with van der Waals surface area (Å²) in [6.45, 7) is 7.39. The minimum atomic E-state index is -0.746. The van der Waals surface area contributed by atoms with Crippen molar-refractivity contribution in [2.24, 2.45) is 5.73 Å². The van der Waals surface area contributed by atoms with Crippen LogP contribution in [0.5, 0.6) is 0 Å². The van der Waals surface area contributed by atoms with Gasteiger partial charge in [0.25, 0.3) is 0 Å². The van der Waals surface area contributed by atoms with E-state index in [0.717, 1.165) is 45.3 Å². The van der Waals surface area contributed by atoms with Gasteiger partial charge in [0.1, 0.15) is 0 Å². The lowest BCUT2D eigenvalue weighted by Gasteiger charge is -2.29. The molecule has 1 rings (SSSR count). The molecule has 1 atom stereocenters. The highest BCUT2D eigenvalue weighted by molar-refractivity contribution is 5.85. The van der Waals surface area contributed by atoms with Crippen molar-refractivity contribution in [3.63, 3.8) is 0 Å². The molecule has 0 aromatic carbocycles. The Bertz CT molecular complexity index is 274. The molecular formula is C14H29N3O2. The number of amides is 1. The second kappa shape index (κ2) is 7.82. The van der Waals surface area contributed by atoms with Gasteiger partial charge in [0.2, 0.25) is 5.91 Å². The highest BCUT2D eigenvalue weighted by Gasteiger charge is 2.26. The number of nitrogens with zero attached hydrogens (tertiary/aromatic N) is 1. The molecule has 112 valence electrons. The summed E-state index contributed by atoms with van der Waals surface area (Å²) in [5, 5.41) is 12.3. The largest absolute Gasteiger partial charge is 0.393 e. The smallest absolute Gasteiger partial charge is 0.239 e. The van der Waals surface area contributed by atoms with E-state index in [4.69, 9.17) is 5.73 Å². The lowest BCUT2D eigenvalue weighted by Crippen LogP contribution is -2.51. The summed E-state index contributed by atoms with van der Waals surface area (Å²) >= 11 is 0. The van der Waals surface area contributed by atoms with E-state index in [1.54, 1.807) is 6.92 Å². The Kier molecular flexibility index (Phi) is 6.75. The topological polar surface area (TPSA) is 78.6 Å². The van der Waals surface area contributed by atoms with E-state index < -0.39 is 5.54 Å². The zero-order valence-electron chi connectivity index (χ0n) is 12.3. The first kappa shape index (κ1) is 16.4. The van der Waals surface area contributed by atoms with Crippen molar-refractivity contribution >= 4 is 5.91 Å². The zero-order chi connectivity index (χ0) is 14.3. The summed E-state index contributed by atoms with van der Waals surface area (Å²) in [5.41, 5.74) is 5.21. The fourth-order valence-electron chi connectivity index (χ4n) is 2.48. The van der Waals surface area contributed by atoms with Gasteiger partial charge in [-0.3, -0.25) is 4.79 Å². The van der Waals surface area contributed by atoms with E-state index in [-0.39, 0.29) is 12.0 Å². The van der Waals surface area contributed by atoms with Gasteiger partial charge in [-0.15, -0.1) is 0 Å². The summed E-state index contributed by atoms with van der Waals surface area (Å²) in [5.74, 6) is -0.0524. The molecule has 0 spiro atoms. The summed E-state index contributed by atoms with van der Waals surface area (Å²) in [6, 6.07) is 0.